The number of hydrogen-bond donors (Lipinski definition) is 1. The van der Waals surface area contributed by atoms with Crippen molar-refractivity contribution >= 4 is 38.1 Å². The van der Waals surface area contributed by atoms with Gasteiger partial charge >= 0.3 is 0 Å². The molecule has 6 aromatic carbocycles. The van der Waals surface area contributed by atoms with Gasteiger partial charge in [-0.25, -0.2) is 8.42 Å². The molecular formula is C39H33N3O5S. The molecule has 0 fully saturated rings. The Balaban J connectivity index is 1.24. The molecule has 6 aromatic rings. The number of amides is 1. The fourth-order valence-electron chi connectivity index (χ4n) is 5.88. The molecule has 0 unspecified atom stereocenters. The lowest BCUT2D eigenvalue weighted by Gasteiger charge is -2.23. The molecule has 1 N–H and O–H groups in total. The van der Waals surface area contributed by atoms with Gasteiger partial charge in [-0.1, -0.05) is 127 Å². The number of carbonyl (C=O) groups excluding carboxylic acids is 1. The van der Waals surface area contributed by atoms with E-state index in [0.717, 1.165) is 33.0 Å². The van der Waals surface area contributed by atoms with Crippen LogP contribution >= 0.6 is 0 Å². The third kappa shape index (κ3) is 7.17. The molecule has 0 aliphatic heterocycles. The van der Waals surface area contributed by atoms with Gasteiger partial charge in [-0.3, -0.25) is 14.9 Å². The van der Waals surface area contributed by atoms with Gasteiger partial charge in [0.05, 0.1) is 10.8 Å². The summed E-state index contributed by atoms with van der Waals surface area (Å²) in [5.74, 6) is -0.668. The number of nitro groups is 1. The minimum Gasteiger partial charge on any atom is -0.325 e. The molecule has 0 heterocycles. The second kappa shape index (κ2) is 14.4. The van der Waals surface area contributed by atoms with E-state index < -0.39 is 26.6 Å². The molecule has 0 saturated heterocycles. The van der Waals surface area contributed by atoms with Gasteiger partial charge in [0.1, 0.15) is 0 Å². The highest BCUT2D eigenvalue weighted by atomic mass is 32.2. The van der Waals surface area contributed by atoms with E-state index in [-0.39, 0.29) is 23.9 Å². The monoisotopic (exact) mass is 655 g/mol. The Hall–Kier alpha value is -5.64. The first kappa shape index (κ1) is 32.3. The number of nitro benzene ring substituents is 1. The molecule has 48 heavy (non-hydrogen) atoms. The Morgan fingerprint density at radius 3 is 1.96 bits per heavy atom. The van der Waals surface area contributed by atoms with Crippen molar-refractivity contribution in [2.45, 2.75) is 23.8 Å². The summed E-state index contributed by atoms with van der Waals surface area (Å²) in [7, 11) is -4.27. The van der Waals surface area contributed by atoms with E-state index in [1.807, 2.05) is 115 Å². The average molecular weight is 656 g/mol. The van der Waals surface area contributed by atoms with Crippen LogP contribution in [0.3, 0.4) is 0 Å². The number of hydrogen-bond acceptors (Lipinski definition) is 5. The third-order valence-corrected chi connectivity index (χ3v) is 10.2. The molecule has 1 amide bonds. The number of anilines is 1. The molecule has 6 rings (SSSR count). The minimum atomic E-state index is -4.27. The van der Waals surface area contributed by atoms with Gasteiger partial charge in [0.25, 0.3) is 5.69 Å². The maximum absolute atomic E-state index is 14.1. The molecule has 0 atom stereocenters. The number of fused-ring (bicyclic) bond motifs is 1. The van der Waals surface area contributed by atoms with Gasteiger partial charge in [0, 0.05) is 24.8 Å². The maximum Gasteiger partial charge on any atom is 0.289 e. The summed E-state index contributed by atoms with van der Waals surface area (Å²) < 4.78 is 29.4. The topological polar surface area (TPSA) is 110 Å². The van der Waals surface area contributed by atoms with Crippen molar-refractivity contribution in [3.63, 3.8) is 0 Å². The molecule has 0 bridgehead atoms. The summed E-state index contributed by atoms with van der Waals surface area (Å²) in [4.78, 5) is 24.4. The van der Waals surface area contributed by atoms with Crippen LogP contribution in [0.4, 0.5) is 11.4 Å². The van der Waals surface area contributed by atoms with E-state index in [1.54, 1.807) is 12.1 Å². The second-order valence-electron chi connectivity index (χ2n) is 11.4. The highest BCUT2D eigenvalue weighted by Crippen LogP contribution is 2.30. The van der Waals surface area contributed by atoms with Gasteiger partial charge < -0.3 is 5.32 Å². The van der Waals surface area contributed by atoms with Crippen molar-refractivity contribution in [2.24, 2.45) is 0 Å². The number of nitrogens with zero attached hydrogens (tertiary/aromatic N) is 2. The van der Waals surface area contributed by atoms with Crippen molar-refractivity contribution in [2.75, 3.05) is 11.9 Å². The van der Waals surface area contributed by atoms with Crippen molar-refractivity contribution in [3.8, 4) is 0 Å². The Morgan fingerprint density at radius 1 is 0.708 bits per heavy atom. The largest absolute Gasteiger partial charge is 0.325 e. The Kier molecular flexibility index (Phi) is 9.70. The number of rotatable bonds is 12. The van der Waals surface area contributed by atoms with E-state index in [0.29, 0.717) is 12.1 Å². The normalized spacial score (nSPS) is 11.5. The molecule has 0 saturated carbocycles. The summed E-state index contributed by atoms with van der Waals surface area (Å²) in [6, 6.07) is 45.3. The molecule has 0 aliphatic carbocycles. The standard InChI is InChI=1S/C39H33N3O5S/c43-39(38(31-13-3-1-4-14-31)32-15-5-2-6-16-32)40-34-24-22-29(23-25-34)26-27-41(28-33-18-11-17-30-12-7-8-19-35(30)33)48(46,47)37-21-10-9-20-36(37)42(44)45/h1-25,38H,26-28H2,(H,40,43). The van der Waals surface area contributed by atoms with Crippen LogP contribution in [0.1, 0.15) is 28.2 Å². The first-order valence-corrected chi connectivity index (χ1v) is 17.0. The predicted molar refractivity (Wildman–Crippen MR) is 188 cm³/mol. The van der Waals surface area contributed by atoms with Crippen LogP contribution < -0.4 is 5.32 Å². The van der Waals surface area contributed by atoms with Crippen LogP contribution in [0.15, 0.2) is 157 Å². The number of carbonyl (C=O) groups is 1. The van der Waals surface area contributed by atoms with E-state index in [2.05, 4.69) is 5.32 Å². The van der Waals surface area contributed by atoms with Crippen molar-refractivity contribution in [1.82, 2.24) is 4.31 Å². The van der Waals surface area contributed by atoms with Gasteiger partial charge in [0.2, 0.25) is 15.9 Å². The van der Waals surface area contributed by atoms with Crippen LogP contribution in [0.2, 0.25) is 0 Å². The molecular weight excluding hydrogens is 623 g/mol. The van der Waals surface area contributed by atoms with E-state index in [4.69, 9.17) is 0 Å². The van der Waals surface area contributed by atoms with Crippen LogP contribution in [-0.2, 0) is 27.8 Å². The summed E-state index contributed by atoms with van der Waals surface area (Å²) in [6.45, 7) is 0.109. The van der Waals surface area contributed by atoms with Crippen molar-refractivity contribution in [1.29, 1.82) is 0 Å². The maximum atomic E-state index is 14.1. The molecule has 0 spiro atoms. The van der Waals surface area contributed by atoms with E-state index in [1.165, 1.54) is 28.6 Å². The van der Waals surface area contributed by atoms with Crippen molar-refractivity contribution in [3.05, 3.63) is 184 Å². The lowest BCUT2D eigenvalue weighted by atomic mass is 9.90. The smallest absolute Gasteiger partial charge is 0.289 e. The zero-order chi connectivity index (χ0) is 33.5. The molecule has 9 heteroatoms. The molecule has 0 radical (unpaired) electrons. The van der Waals surface area contributed by atoms with Crippen LogP contribution in [-0.4, -0.2) is 30.1 Å². The quantitative estimate of drug-likeness (QED) is 0.106. The number of nitrogens with one attached hydrogen (secondary N) is 1. The lowest BCUT2D eigenvalue weighted by Crippen LogP contribution is -2.33. The second-order valence-corrected chi connectivity index (χ2v) is 13.3. The highest BCUT2D eigenvalue weighted by molar-refractivity contribution is 7.89. The first-order chi connectivity index (χ1) is 23.3. The molecule has 8 nitrogen and oxygen atoms in total. The zero-order valence-corrected chi connectivity index (χ0v) is 26.8. The number of benzene rings is 6. The van der Waals surface area contributed by atoms with Gasteiger partial charge in [-0.15, -0.1) is 0 Å². The van der Waals surface area contributed by atoms with Gasteiger partial charge in [-0.2, -0.15) is 4.31 Å². The fourth-order valence-corrected chi connectivity index (χ4v) is 7.46. The first-order valence-electron chi connectivity index (χ1n) is 15.5. The summed E-state index contributed by atoms with van der Waals surface area (Å²) in [5.41, 5.74) is 3.54. The summed E-state index contributed by atoms with van der Waals surface area (Å²) in [5, 5.41) is 16.7. The van der Waals surface area contributed by atoms with Crippen molar-refractivity contribution < 1.29 is 18.1 Å². The molecule has 0 aliphatic rings. The predicted octanol–water partition coefficient (Wildman–Crippen LogP) is 7.95. The third-order valence-electron chi connectivity index (χ3n) is 8.31. The van der Waals surface area contributed by atoms with Crippen LogP contribution in [0.5, 0.6) is 0 Å². The van der Waals surface area contributed by atoms with Gasteiger partial charge in [-0.05, 0) is 57.6 Å². The Bertz CT molecular complexity index is 2110. The Morgan fingerprint density at radius 2 is 1.29 bits per heavy atom. The molecule has 240 valence electrons. The number of para-hydroxylation sites is 1. The van der Waals surface area contributed by atoms with E-state index in [9.17, 15) is 23.3 Å². The zero-order valence-electron chi connectivity index (χ0n) is 26.0. The molecule has 0 aromatic heterocycles. The van der Waals surface area contributed by atoms with E-state index >= 15 is 0 Å². The summed E-state index contributed by atoms with van der Waals surface area (Å²) >= 11 is 0. The fraction of sp³-hybridized carbons (Fsp3) is 0.103. The lowest BCUT2D eigenvalue weighted by molar-refractivity contribution is -0.387. The van der Waals surface area contributed by atoms with Crippen LogP contribution in [0.25, 0.3) is 10.8 Å². The summed E-state index contributed by atoms with van der Waals surface area (Å²) in [6.07, 6.45) is 0.343. The number of sulfonamides is 1. The Labute approximate surface area is 279 Å². The SMILES string of the molecule is O=C(Nc1ccc(CCN(Cc2cccc3ccccc23)S(=O)(=O)c2ccccc2[N+](=O)[O-])cc1)C(c1ccccc1)c1ccccc1. The van der Waals surface area contributed by atoms with Gasteiger partial charge in [0.15, 0.2) is 4.90 Å². The van der Waals surface area contributed by atoms with Crippen LogP contribution in [0, 0.1) is 10.1 Å². The average Bonchev–Trinajstić information content (AvgIpc) is 3.11. The minimum absolute atomic E-state index is 0.0320. The highest BCUT2D eigenvalue weighted by Gasteiger charge is 2.31.